The fourth-order valence-electron chi connectivity index (χ4n) is 1.38. The molecule has 1 rings (SSSR count). The molecule has 5 nitrogen and oxygen atoms in total. The smallest absolute Gasteiger partial charge is 0.358 e. The second-order valence-corrected chi connectivity index (χ2v) is 11.2. The van der Waals surface area contributed by atoms with Gasteiger partial charge in [-0.15, -0.1) is 0 Å². The Kier molecular flexibility index (Phi) is 5.31. The Balaban J connectivity index is 2.67. The first-order valence-electron chi connectivity index (χ1n) is 6.58. The van der Waals surface area contributed by atoms with Crippen LogP contribution in [0.1, 0.15) is 30.2 Å². The molecule has 0 aromatic carbocycles. The Morgan fingerprint density at radius 1 is 1.47 bits per heavy atom. The second-order valence-electron chi connectivity index (χ2n) is 5.67. The maximum Gasteiger partial charge on any atom is 0.358 e. The number of aromatic nitrogens is 2. The molecular weight excluding hydrogens is 260 g/mol. The van der Waals surface area contributed by atoms with Gasteiger partial charge in [0, 0.05) is 11.9 Å². The Hall–Kier alpha value is -1.14. The molecule has 1 unspecified atom stereocenters. The third-order valence-electron chi connectivity index (χ3n) is 3.14. The van der Waals surface area contributed by atoms with Gasteiger partial charge in [0.05, 0.1) is 14.7 Å². The van der Waals surface area contributed by atoms with Gasteiger partial charge in [-0.05, 0) is 20.8 Å². The van der Waals surface area contributed by atoms with Gasteiger partial charge in [-0.2, -0.15) is 0 Å². The van der Waals surface area contributed by atoms with Gasteiger partial charge in [0.1, 0.15) is 12.6 Å². The minimum absolute atomic E-state index is 0.250. The molecule has 19 heavy (non-hydrogen) atoms. The quantitative estimate of drug-likeness (QED) is 0.595. The van der Waals surface area contributed by atoms with Gasteiger partial charge in [-0.1, -0.05) is 19.6 Å². The van der Waals surface area contributed by atoms with Crippen molar-refractivity contribution in [3.05, 3.63) is 17.7 Å². The molecule has 0 amide bonds. The highest BCUT2D eigenvalue weighted by Gasteiger charge is 2.23. The third kappa shape index (κ3) is 4.47. The summed E-state index contributed by atoms with van der Waals surface area (Å²) in [6.07, 6.45) is 1.68. The monoisotopic (exact) mass is 284 g/mol. The second kappa shape index (κ2) is 6.34. The molecule has 108 valence electrons. The maximum atomic E-state index is 11.6. The number of imidazole rings is 1. The summed E-state index contributed by atoms with van der Waals surface area (Å²) >= 11 is 0. The number of hydrogen-bond acceptors (Lipinski definition) is 4. The zero-order valence-electron chi connectivity index (χ0n) is 12.7. The van der Waals surface area contributed by atoms with E-state index in [2.05, 4.69) is 31.5 Å². The highest BCUT2D eigenvalue weighted by Crippen LogP contribution is 2.12. The average molecular weight is 284 g/mol. The van der Waals surface area contributed by atoms with E-state index in [9.17, 15) is 4.79 Å². The van der Waals surface area contributed by atoms with Crippen molar-refractivity contribution < 1.29 is 14.3 Å². The van der Waals surface area contributed by atoms with Crippen molar-refractivity contribution in [1.82, 2.24) is 9.55 Å². The molecule has 1 atom stereocenters. The lowest BCUT2D eigenvalue weighted by atomic mass is 10.5. The Labute approximate surface area is 115 Å². The molecule has 1 heterocycles. The molecule has 0 aliphatic rings. The van der Waals surface area contributed by atoms with E-state index in [1.165, 1.54) is 0 Å². The highest BCUT2D eigenvalue weighted by atomic mass is 28.3. The molecule has 0 N–H and O–H groups in total. The Morgan fingerprint density at radius 3 is 2.63 bits per heavy atom. The minimum Gasteiger partial charge on any atom is -0.461 e. The fourth-order valence-corrected chi connectivity index (χ4v) is 1.96. The van der Waals surface area contributed by atoms with E-state index in [1.807, 2.05) is 11.5 Å². The molecule has 6 heteroatoms. The number of ether oxygens (including phenoxy) is 2. The summed E-state index contributed by atoms with van der Waals surface area (Å²) in [5, 5.41) is 0. The average Bonchev–Trinajstić information content (AvgIpc) is 2.67. The number of esters is 1. The van der Waals surface area contributed by atoms with Crippen LogP contribution in [0.15, 0.2) is 6.20 Å². The summed E-state index contributed by atoms with van der Waals surface area (Å²) in [6, 6.07) is 0. The summed E-state index contributed by atoms with van der Waals surface area (Å²) in [7, 11) is -1.31. The van der Waals surface area contributed by atoms with E-state index in [0.717, 1.165) is 5.82 Å². The van der Waals surface area contributed by atoms with Gasteiger partial charge in [0.15, 0.2) is 5.69 Å². The predicted octanol–water partition coefficient (Wildman–Crippen LogP) is 2.61. The van der Waals surface area contributed by atoms with Crippen LogP contribution in [0.3, 0.4) is 0 Å². The number of rotatable bonds is 6. The molecule has 1 aromatic heterocycles. The lowest BCUT2D eigenvalue weighted by Crippen LogP contribution is -2.38. The number of carbonyl (C=O) groups excluding carboxylic acids is 1. The first-order chi connectivity index (χ1) is 8.75. The molecule has 0 bridgehead atoms. The molecule has 0 saturated carbocycles. The van der Waals surface area contributed by atoms with Crippen LogP contribution in [0, 0.1) is 6.92 Å². The summed E-state index contributed by atoms with van der Waals surface area (Å²) in [6.45, 7) is 13.3. The van der Waals surface area contributed by atoms with Gasteiger partial charge in [0.2, 0.25) is 0 Å². The van der Waals surface area contributed by atoms with E-state index in [4.69, 9.17) is 9.47 Å². The highest BCUT2D eigenvalue weighted by molar-refractivity contribution is 6.77. The van der Waals surface area contributed by atoms with E-state index in [-0.39, 0.29) is 11.7 Å². The third-order valence-corrected chi connectivity index (χ3v) is 5.75. The zero-order valence-corrected chi connectivity index (χ0v) is 13.7. The SMILES string of the molecule is CCOC(=O)c1cn(COC(C)[Si](C)(C)C)c(C)n1. The Bertz CT molecular complexity index is 438. The topological polar surface area (TPSA) is 53.4 Å². The minimum atomic E-state index is -1.31. The van der Waals surface area contributed by atoms with Crippen LogP contribution in [0.25, 0.3) is 0 Å². The van der Waals surface area contributed by atoms with E-state index in [1.54, 1.807) is 13.1 Å². The summed E-state index contributed by atoms with van der Waals surface area (Å²) in [4.78, 5) is 15.8. The number of aryl methyl sites for hydroxylation is 1. The van der Waals surface area contributed by atoms with Gasteiger partial charge in [-0.3, -0.25) is 0 Å². The number of hydrogen-bond donors (Lipinski definition) is 0. The molecule has 0 saturated heterocycles. The van der Waals surface area contributed by atoms with Crippen LogP contribution in [0.5, 0.6) is 0 Å². The molecule has 0 aliphatic heterocycles. The normalized spacial score (nSPS) is 13.4. The summed E-state index contributed by atoms with van der Waals surface area (Å²) in [5.41, 5.74) is 0.587. The van der Waals surface area contributed by atoms with Gasteiger partial charge >= 0.3 is 5.97 Å². The van der Waals surface area contributed by atoms with Crippen LogP contribution in [-0.2, 0) is 16.2 Å². The lowest BCUT2D eigenvalue weighted by Gasteiger charge is -2.25. The van der Waals surface area contributed by atoms with Crippen molar-refractivity contribution in [1.29, 1.82) is 0 Å². The molecule has 1 aromatic rings. The number of nitrogens with zero attached hydrogens (tertiary/aromatic N) is 2. The van der Waals surface area contributed by atoms with Crippen LogP contribution in [0.2, 0.25) is 19.6 Å². The first-order valence-corrected chi connectivity index (χ1v) is 10.2. The first kappa shape index (κ1) is 15.9. The Morgan fingerprint density at radius 2 is 2.11 bits per heavy atom. The van der Waals surface area contributed by atoms with Crippen molar-refractivity contribution in [2.45, 2.75) is 52.9 Å². The van der Waals surface area contributed by atoms with Crippen molar-refractivity contribution in [3.63, 3.8) is 0 Å². The van der Waals surface area contributed by atoms with E-state index >= 15 is 0 Å². The largest absolute Gasteiger partial charge is 0.461 e. The molecular formula is C13H24N2O3Si. The molecule has 0 fully saturated rings. The standard InChI is InChI=1S/C13H24N2O3Si/c1-7-17-13(16)12-8-15(10(2)14-12)9-18-11(3)19(4,5)6/h8,11H,7,9H2,1-6H3. The predicted molar refractivity (Wildman–Crippen MR) is 76.8 cm³/mol. The fraction of sp³-hybridized carbons (Fsp3) is 0.692. The van der Waals surface area contributed by atoms with Crippen molar-refractivity contribution in [2.24, 2.45) is 0 Å². The molecule has 0 aliphatic carbocycles. The zero-order chi connectivity index (χ0) is 14.6. The molecule has 0 radical (unpaired) electrons. The molecule has 0 spiro atoms. The van der Waals surface area contributed by atoms with Crippen LogP contribution in [-0.4, -0.2) is 35.9 Å². The summed E-state index contributed by atoms with van der Waals surface area (Å²) < 4.78 is 12.6. The van der Waals surface area contributed by atoms with Gasteiger partial charge in [-0.25, -0.2) is 9.78 Å². The van der Waals surface area contributed by atoms with Gasteiger partial charge < -0.3 is 14.0 Å². The van der Waals surface area contributed by atoms with Crippen LogP contribution >= 0.6 is 0 Å². The summed E-state index contributed by atoms with van der Waals surface area (Å²) in [5.74, 6) is 0.369. The maximum absolute atomic E-state index is 11.6. The van der Waals surface area contributed by atoms with Crippen molar-refractivity contribution in [2.75, 3.05) is 6.61 Å². The van der Waals surface area contributed by atoms with E-state index in [0.29, 0.717) is 19.0 Å². The lowest BCUT2D eigenvalue weighted by molar-refractivity contribution is 0.0513. The number of carbonyl (C=O) groups is 1. The van der Waals surface area contributed by atoms with E-state index < -0.39 is 8.07 Å². The van der Waals surface area contributed by atoms with Crippen LogP contribution < -0.4 is 0 Å². The van der Waals surface area contributed by atoms with Crippen molar-refractivity contribution >= 4 is 14.0 Å². The van der Waals surface area contributed by atoms with Crippen molar-refractivity contribution in [3.8, 4) is 0 Å². The van der Waals surface area contributed by atoms with Gasteiger partial charge in [0.25, 0.3) is 0 Å². The van der Waals surface area contributed by atoms with Crippen LogP contribution in [0.4, 0.5) is 0 Å².